The number of rotatable bonds is 17. The van der Waals surface area contributed by atoms with E-state index < -0.39 is 183 Å². The molecule has 0 aromatic heterocycles. The van der Waals surface area contributed by atoms with Gasteiger partial charge in [-0.05, 0) is 0 Å². The quantitative estimate of drug-likeness (QED) is 0.0475. The van der Waals surface area contributed by atoms with Crippen molar-refractivity contribution >= 4 is 45.2 Å². The molecule has 20 N–H and O–H groups in total. The van der Waals surface area contributed by atoms with E-state index in [-0.39, 0.29) is 11.5 Å². The third-order valence-corrected chi connectivity index (χ3v) is 13.5. The Balaban J connectivity index is 1.46. The number of hydrogen-bond donors (Lipinski definition) is 20. The lowest BCUT2D eigenvalue weighted by Crippen LogP contribution is -2.70. The van der Waals surface area contributed by atoms with E-state index in [2.05, 4.69) is 21.3 Å². The zero-order valence-electron chi connectivity index (χ0n) is 33.9. The van der Waals surface area contributed by atoms with Gasteiger partial charge in [-0.2, -0.15) is 0 Å². The molecule has 2 aliphatic heterocycles. The van der Waals surface area contributed by atoms with Crippen LogP contribution >= 0.6 is 21.6 Å². The van der Waals surface area contributed by atoms with Crippen LogP contribution in [0.3, 0.4) is 0 Å². The van der Waals surface area contributed by atoms with Gasteiger partial charge >= 0.3 is 0 Å². The zero-order chi connectivity index (χ0) is 48.1. The predicted molar refractivity (Wildman–Crippen MR) is 209 cm³/mol. The first-order chi connectivity index (χ1) is 30.0. The second-order valence-corrected chi connectivity index (χ2v) is 18.2. The van der Waals surface area contributed by atoms with Crippen LogP contribution in [-0.2, 0) is 38.1 Å². The van der Waals surface area contributed by atoms with Crippen LogP contribution in [0, 0.1) is 0 Å². The Morgan fingerprint density at radius 3 is 1.02 bits per heavy atom. The second-order valence-electron chi connectivity index (χ2n) is 15.7. The van der Waals surface area contributed by atoms with Crippen LogP contribution in [0.1, 0.15) is 13.8 Å². The molecule has 28 nitrogen and oxygen atoms in total. The lowest BCUT2D eigenvalue weighted by atomic mass is 9.84. The fraction of sp³-hybridized carbons (Fsp3) is 0.882. The van der Waals surface area contributed by atoms with Crippen LogP contribution in [0.25, 0.3) is 0 Å². The first kappa shape index (κ1) is 54.4. The lowest BCUT2D eigenvalue weighted by molar-refractivity contribution is -0.319. The summed E-state index contributed by atoms with van der Waals surface area (Å²) in [5.74, 6) is -4.25. The third-order valence-electron chi connectivity index (χ3n) is 11.0. The molecular formula is C34H58N4O24S2. The molecule has 30 heteroatoms. The normalized spacial score (nSPS) is 43.7. The molecule has 0 spiro atoms. The van der Waals surface area contributed by atoms with Gasteiger partial charge in [0.05, 0.1) is 13.2 Å². The molecule has 4 fully saturated rings. The van der Waals surface area contributed by atoms with Gasteiger partial charge < -0.3 is 122 Å². The standard InChI is InChI=1S/C34H58N4O24S2/c1-7(41)35-9(31(57)37-13-17(45)15(43)11(3-39)59-33(13)61-29-25(53)21(49)19(47)22(50)26(29)54)5-63-64-6-10(36-8(2)42)32(58)38-14-18(46)16(44)12(4-40)60-34(14)62-30-27(55)23(51)20(48)24(52)28(30)56/h9-30,33-34,39-40,43-56H,3-6H2,1-2H3,(H,35,41)(H,36,42)(H,37,57)(H,38,58)/t9-,10+,11-,12-,13-,14-,15-,16-,17-,18-,19?,20?,21-,22+,23-,24+,25+,26+,27+,28+,29?,30?,33-,34-/m1/s1. The highest BCUT2D eigenvalue weighted by atomic mass is 33.1. The Kier molecular flexibility index (Phi) is 20.1. The number of ether oxygens (including phenoxy) is 4. The van der Waals surface area contributed by atoms with Gasteiger partial charge in [-0.25, -0.2) is 0 Å². The summed E-state index contributed by atoms with van der Waals surface area (Å²) in [5, 5.41) is 175. The van der Waals surface area contributed by atoms with Crippen LogP contribution in [0.5, 0.6) is 0 Å². The summed E-state index contributed by atoms with van der Waals surface area (Å²) in [6.45, 7) is 0.278. The largest absolute Gasteiger partial charge is 0.394 e. The number of nitrogens with one attached hydrogen (secondary N) is 4. The Hall–Kier alpha value is -2.22. The summed E-state index contributed by atoms with van der Waals surface area (Å²) in [6.07, 6.45) is -39.1. The Morgan fingerprint density at radius 2 is 0.750 bits per heavy atom. The lowest BCUT2D eigenvalue weighted by Gasteiger charge is -2.47. The van der Waals surface area contributed by atoms with E-state index >= 15 is 0 Å². The van der Waals surface area contributed by atoms with Crippen LogP contribution in [0.15, 0.2) is 0 Å². The molecule has 0 bridgehead atoms. The fourth-order valence-corrected chi connectivity index (χ4v) is 9.68. The maximum absolute atomic E-state index is 13.6. The van der Waals surface area contributed by atoms with Crippen molar-refractivity contribution in [3.63, 3.8) is 0 Å². The Morgan fingerprint density at radius 1 is 0.469 bits per heavy atom. The smallest absolute Gasteiger partial charge is 0.243 e. The molecule has 4 aliphatic rings. The topological polar surface area (TPSA) is 477 Å². The maximum Gasteiger partial charge on any atom is 0.243 e. The molecule has 370 valence electrons. The molecule has 4 unspecified atom stereocenters. The highest BCUT2D eigenvalue weighted by Gasteiger charge is 2.55. The van der Waals surface area contributed by atoms with Gasteiger partial charge in [0.15, 0.2) is 12.6 Å². The monoisotopic (exact) mass is 970 g/mol. The number of hydrogen-bond acceptors (Lipinski definition) is 26. The summed E-state index contributed by atoms with van der Waals surface area (Å²) in [7, 11) is 1.69. The first-order valence-electron chi connectivity index (χ1n) is 19.7. The summed E-state index contributed by atoms with van der Waals surface area (Å²) in [5.41, 5.74) is 0. The van der Waals surface area contributed by atoms with Gasteiger partial charge in [-0.3, -0.25) is 19.2 Å². The summed E-state index contributed by atoms with van der Waals surface area (Å²) in [4.78, 5) is 51.6. The molecular weight excluding hydrogens is 913 g/mol. The summed E-state index contributed by atoms with van der Waals surface area (Å²) >= 11 is 0. The highest BCUT2D eigenvalue weighted by Crippen LogP contribution is 2.32. The minimum atomic E-state index is -2.07. The molecule has 2 aliphatic carbocycles. The van der Waals surface area contributed by atoms with Crippen molar-refractivity contribution in [2.45, 2.75) is 160 Å². The number of carbonyl (C=O) groups excluding carboxylic acids is 4. The van der Waals surface area contributed by atoms with E-state index in [9.17, 15) is 101 Å². The van der Waals surface area contributed by atoms with Gasteiger partial charge in [0, 0.05) is 25.4 Å². The van der Waals surface area contributed by atoms with Crippen molar-refractivity contribution < 1.29 is 120 Å². The average molecular weight is 971 g/mol. The number of aliphatic hydroxyl groups is 16. The molecule has 64 heavy (non-hydrogen) atoms. The van der Waals surface area contributed by atoms with Crippen LogP contribution < -0.4 is 21.3 Å². The van der Waals surface area contributed by atoms with Crippen LogP contribution in [0.4, 0.5) is 0 Å². The van der Waals surface area contributed by atoms with Crippen molar-refractivity contribution in [1.29, 1.82) is 0 Å². The van der Waals surface area contributed by atoms with Crippen LogP contribution in [-0.4, -0.2) is 277 Å². The van der Waals surface area contributed by atoms with Gasteiger partial charge in [-0.1, -0.05) is 21.6 Å². The minimum Gasteiger partial charge on any atom is -0.394 e. The molecule has 0 radical (unpaired) electrons. The van der Waals surface area contributed by atoms with E-state index in [4.69, 9.17) is 18.9 Å². The fourth-order valence-electron chi connectivity index (χ4n) is 7.35. The number of carbonyl (C=O) groups is 4. The van der Waals surface area contributed by atoms with Gasteiger partial charge in [0.1, 0.15) is 134 Å². The SMILES string of the molecule is CC(=O)N[C@@H](CSSC[C@@H](NC(C)=O)C(=O)N[C@H]1[C@@H](OC2[C@@H](O)[C@H](O)C(O)[C@H](O)[C@@H]2O)O[C@H](CO)[C@@H](O)[C@@H]1O)C(=O)N[C@H]1[C@@H](OC2[C@@H](O)[C@H](O)C(O)[C@H](O)[C@@H]2O)O[C@H](CO)[C@@H](O)[C@@H]1O. The zero-order valence-corrected chi connectivity index (χ0v) is 35.6. The van der Waals surface area contributed by atoms with Crippen molar-refractivity contribution in [3.05, 3.63) is 0 Å². The van der Waals surface area contributed by atoms with E-state index in [0.29, 0.717) is 0 Å². The van der Waals surface area contributed by atoms with Crippen molar-refractivity contribution in [3.8, 4) is 0 Å². The van der Waals surface area contributed by atoms with Crippen molar-refractivity contribution in [2.24, 2.45) is 0 Å². The molecule has 2 heterocycles. The molecule has 2 saturated heterocycles. The molecule has 2 saturated carbocycles. The van der Waals surface area contributed by atoms with E-state index in [1.165, 1.54) is 0 Å². The number of amides is 4. The maximum atomic E-state index is 13.6. The molecule has 4 amide bonds. The Bertz CT molecular complexity index is 1420. The van der Waals surface area contributed by atoms with Gasteiger partial charge in [-0.15, -0.1) is 0 Å². The summed E-state index contributed by atoms with van der Waals surface area (Å²) < 4.78 is 22.1. The predicted octanol–water partition coefficient (Wildman–Crippen LogP) is -12.4. The highest BCUT2D eigenvalue weighted by molar-refractivity contribution is 8.76. The third kappa shape index (κ3) is 12.5. The average Bonchev–Trinajstić information content (AvgIpc) is 3.25. The molecule has 0 aromatic carbocycles. The summed E-state index contributed by atoms with van der Waals surface area (Å²) in [6, 6.07) is -6.55. The molecule has 24 atom stereocenters. The molecule has 0 aromatic rings. The van der Waals surface area contributed by atoms with E-state index in [1.54, 1.807) is 0 Å². The van der Waals surface area contributed by atoms with Crippen LogP contribution in [0.2, 0.25) is 0 Å². The van der Waals surface area contributed by atoms with Gasteiger partial charge in [0.2, 0.25) is 23.6 Å². The molecule has 4 rings (SSSR count). The first-order valence-corrected chi connectivity index (χ1v) is 22.2. The Labute approximate surface area is 370 Å². The van der Waals surface area contributed by atoms with Crippen molar-refractivity contribution in [1.82, 2.24) is 21.3 Å². The van der Waals surface area contributed by atoms with Crippen molar-refractivity contribution in [2.75, 3.05) is 24.7 Å². The van der Waals surface area contributed by atoms with E-state index in [1.807, 2.05) is 0 Å². The number of aliphatic hydroxyl groups excluding tert-OH is 16. The van der Waals surface area contributed by atoms with Gasteiger partial charge in [0.25, 0.3) is 0 Å². The minimum absolute atomic E-state index is 0.323. The second kappa shape index (κ2) is 23.7. The van der Waals surface area contributed by atoms with E-state index in [0.717, 1.165) is 35.4 Å².